The second-order valence-electron chi connectivity index (χ2n) is 6.73. The molecule has 1 atom stereocenters. The number of carbonyl (C=O) groups excluding carboxylic acids is 1. The van der Waals surface area contributed by atoms with Crippen molar-refractivity contribution in [3.05, 3.63) is 18.2 Å². The number of aromatic nitrogens is 2. The number of hydrogen-bond donors (Lipinski definition) is 0. The molecule has 6 nitrogen and oxygen atoms in total. The fraction of sp³-hybridized carbons (Fsp3) is 0.750. The van der Waals surface area contributed by atoms with Crippen LogP contribution in [0.4, 0.5) is 0 Å². The lowest BCUT2D eigenvalue weighted by atomic mass is 10.1. The van der Waals surface area contributed by atoms with Crippen molar-refractivity contribution < 1.29 is 13.2 Å². The molecule has 7 heteroatoms. The SMILES string of the molecule is Cc1nccn1[C@@H]1CCCN(C(=O)CS(=O)(=O)C2CCCC2)C1. The molecule has 0 aromatic carbocycles. The fourth-order valence-electron chi connectivity index (χ4n) is 3.81. The maximum absolute atomic E-state index is 12.5. The molecule has 3 rings (SSSR count). The molecule has 0 spiro atoms. The van der Waals surface area contributed by atoms with Crippen LogP contribution in [0.25, 0.3) is 0 Å². The van der Waals surface area contributed by atoms with Crippen molar-refractivity contribution in [2.24, 2.45) is 0 Å². The third kappa shape index (κ3) is 3.59. The molecule has 2 fully saturated rings. The molecule has 1 saturated carbocycles. The molecule has 128 valence electrons. The van der Waals surface area contributed by atoms with Crippen molar-refractivity contribution in [3.8, 4) is 0 Å². The molecule has 1 amide bonds. The molecule has 0 N–H and O–H groups in total. The summed E-state index contributed by atoms with van der Waals surface area (Å²) >= 11 is 0. The van der Waals surface area contributed by atoms with Crippen LogP contribution in [0.1, 0.15) is 50.4 Å². The van der Waals surface area contributed by atoms with Crippen LogP contribution in [-0.4, -0.2) is 52.9 Å². The lowest BCUT2D eigenvalue weighted by Crippen LogP contribution is -2.44. The summed E-state index contributed by atoms with van der Waals surface area (Å²) in [5.74, 6) is 0.370. The number of sulfone groups is 1. The van der Waals surface area contributed by atoms with E-state index in [9.17, 15) is 13.2 Å². The number of carbonyl (C=O) groups is 1. The van der Waals surface area contributed by atoms with Crippen molar-refractivity contribution in [2.75, 3.05) is 18.8 Å². The zero-order chi connectivity index (χ0) is 16.4. The van der Waals surface area contributed by atoms with E-state index in [0.717, 1.165) is 31.5 Å². The van der Waals surface area contributed by atoms with Gasteiger partial charge < -0.3 is 9.47 Å². The highest BCUT2D eigenvalue weighted by Crippen LogP contribution is 2.27. The normalized spacial score (nSPS) is 23.3. The van der Waals surface area contributed by atoms with Gasteiger partial charge in [-0.15, -0.1) is 0 Å². The van der Waals surface area contributed by atoms with Crippen LogP contribution < -0.4 is 0 Å². The summed E-state index contributed by atoms with van der Waals surface area (Å²) in [4.78, 5) is 18.5. The lowest BCUT2D eigenvalue weighted by molar-refractivity contribution is -0.130. The second-order valence-corrected chi connectivity index (χ2v) is 9.01. The van der Waals surface area contributed by atoms with Crippen LogP contribution >= 0.6 is 0 Å². The Morgan fingerprint density at radius 3 is 2.65 bits per heavy atom. The Bertz CT molecular complexity index is 662. The molecule has 0 unspecified atom stereocenters. The second kappa shape index (κ2) is 6.63. The predicted octanol–water partition coefficient (Wildman–Crippen LogP) is 1.71. The Labute approximate surface area is 137 Å². The van der Waals surface area contributed by atoms with Crippen LogP contribution in [0, 0.1) is 6.92 Å². The van der Waals surface area contributed by atoms with E-state index in [2.05, 4.69) is 9.55 Å². The molecular weight excluding hydrogens is 314 g/mol. The smallest absolute Gasteiger partial charge is 0.237 e. The quantitative estimate of drug-likeness (QED) is 0.837. The number of hydrogen-bond acceptors (Lipinski definition) is 4. The first kappa shape index (κ1) is 16.5. The Kier molecular flexibility index (Phi) is 4.75. The summed E-state index contributed by atoms with van der Waals surface area (Å²) in [5.41, 5.74) is 0. The van der Waals surface area contributed by atoms with Gasteiger partial charge in [-0.25, -0.2) is 13.4 Å². The number of piperidine rings is 1. The first-order chi connectivity index (χ1) is 11.0. The molecule has 1 aliphatic heterocycles. The van der Waals surface area contributed by atoms with E-state index < -0.39 is 9.84 Å². The van der Waals surface area contributed by atoms with Crippen LogP contribution in [0.2, 0.25) is 0 Å². The van der Waals surface area contributed by atoms with E-state index in [1.165, 1.54) is 0 Å². The standard InChI is InChI=1S/C16H25N3O3S/c1-13-17-8-10-19(13)14-5-4-9-18(11-14)16(20)12-23(21,22)15-6-2-3-7-15/h8,10,14-15H,2-7,9,11-12H2,1H3/t14-/m1/s1. The zero-order valence-corrected chi connectivity index (χ0v) is 14.5. The van der Waals surface area contributed by atoms with Crippen LogP contribution in [0.15, 0.2) is 12.4 Å². The first-order valence-corrected chi connectivity index (χ1v) is 10.2. The van der Waals surface area contributed by atoms with Gasteiger partial charge in [-0.2, -0.15) is 0 Å². The average molecular weight is 339 g/mol. The van der Waals surface area contributed by atoms with Gasteiger partial charge in [-0.3, -0.25) is 4.79 Å². The number of rotatable bonds is 4. The van der Waals surface area contributed by atoms with Crippen molar-refractivity contribution in [2.45, 2.75) is 56.7 Å². The van der Waals surface area contributed by atoms with Gasteiger partial charge >= 0.3 is 0 Å². The van der Waals surface area contributed by atoms with Gasteiger partial charge in [0.15, 0.2) is 9.84 Å². The van der Waals surface area contributed by atoms with Gasteiger partial charge in [0.2, 0.25) is 5.91 Å². The summed E-state index contributed by atoms with van der Waals surface area (Å²) < 4.78 is 26.9. The van der Waals surface area contributed by atoms with Gasteiger partial charge in [0.25, 0.3) is 0 Å². The van der Waals surface area contributed by atoms with Crippen LogP contribution in [0.3, 0.4) is 0 Å². The van der Waals surface area contributed by atoms with Crippen molar-refractivity contribution >= 4 is 15.7 Å². The van der Waals surface area contributed by atoms with E-state index in [0.29, 0.717) is 25.9 Å². The molecule has 23 heavy (non-hydrogen) atoms. The van der Waals surface area contributed by atoms with Crippen molar-refractivity contribution in [1.82, 2.24) is 14.5 Å². The van der Waals surface area contributed by atoms with Crippen molar-refractivity contribution in [1.29, 1.82) is 0 Å². The lowest BCUT2D eigenvalue weighted by Gasteiger charge is -2.34. The third-order valence-corrected chi connectivity index (χ3v) is 7.28. The molecule has 1 aliphatic carbocycles. The summed E-state index contributed by atoms with van der Waals surface area (Å²) in [5, 5.41) is -0.303. The van der Waals surface area contributed by atoms with Crippen LogP contribution in [-0.2, 0) is 14.6 Å². The monoisotopic (exact) mass is 339 g/mol. The largest absolute Gasteiger partial charge is 0.340 e. The highest BCUT2D eigenvalue weighted by atomic mass is 32.2. The Hall–Kier alpha value is -1.37. The van der Waals surface area contributed by atoms with E-state index in [1.54, 1.807) is 11.1 Å². The van der Waals surface area contributed by atoms with E-state index in [-0.39, 0.29) is 23.0 Å². The first-order valence-electron chi connectivity index (χ1n) is 8.46. The third-order valence-electron chi connectivity index (χ3n) is 5.14. The zero-order valence-electron chi connectivity index (χ0n) is 13.6. The molecule has 0 bridgehead atoms. The fourth-order valence-corrected chi connectivity index (χ4v) is 5.62. The number of likely N-dealkylation sites (tertiary alicyclic amines) is 1. The number of aryl methyl sites for hydroxylation is 1. The molecule has 0 radical (unpaired) electrons. The van der Waals surface area contributed by atoms with Gasteiger partial charge in [-0.05, 0) is 32.6 Å². The van der Waals surface area contributed by atoms with Crippen LogP contribution in [0.5, 0.6) is 0 Å². The van der Waals surface area contributed by atoms with Gasteiger partial charge in [0.1, 0.15) is 11.6 Å². The van der Waals surface area contributed by atoms with E-state index >= 15 is 0 Å². The molecule has 2 heterocycles. The molecule has 1 aromatic heterocycles. The maximum Gasteiger partial charge on any atom is 0.237 e. The van der Waals surface area contributed by atoms with E-state index in [1.807, 2.05) is 13.1 Å². The molecule has 2 aliphatic rings. The number of imidazole rings is 1. The summed E-state index contributed by atoms with van der Waals surface area (Å²) in [6.45, 7) is 3.19. The van der Waals surface area contributed by atoms with E-state index in [4.69, 9.17) is 0 Å². The molecular formula is C16H25N3O3S. The Balaban J connectivity index is 1.64. The minimum absolute atomic E-state index is 0.199. The maximum atomic E-state index is 12.5. The number of nitrogens with zero attached hydrogens (tertiary/aromatic N) is 3. The Morgan fingerprint density at radius 2 is 2.00 bits per heavy atom. The minimum Gasteiger partial charge on any atom is -0.340 e. The van der Waals surface area contributed by atoms with Gasteiger partial charge in [-0.1, -0.05) is 12.8 Å². The highest BCUT2D eigenvalue weighted by Gasteiger charge is 2.33. The molecule has 1 aromatic rings. The predicted molar refractivity (Wildman–Crippen MR) is 87.9 cm³/mol. The van der Waals surface area contributed by atoms with Gasteiger partial charge in [0.05, 0.1) is 11.3 Å². The van der Waals surface area contributed by atoms with Crippen molar-refractivity contribution in [3.63, 3.8) is 0 Å². The highest BCUT2D eigenvalue weighted by molar-refractivity contribution is 7.92. The summed E-state index contributed by atoms with van der Waals surface area (Å²) in [6, 6.07) is 0.199. The minimum atomic E-state index is -3.30. The Morgan fingerprint density at radius 1 is 1.26 bits per heavy atom. The number of amides is 1. The van der Waals surface area contributed by atoms with Gasteiger partial charge in [0, 0.05) is 25.5 Å². The molecule has 1 saturated heterocycles. The topological polar surface area (TPSA) is 72.3 Å². The summed E-state index contributed by atoms with van der Waals surface area (Å²) in [6.07, 6.45) is 8.95. The summed E-state index contributed by atoms with van der Waals surface area (Å²) in [7, 11) is -3.30. The average Bonchev–Trinajstić information content (AvgIpc) is 3.18.